The van der Waals surface area contributed by atoms with Gasteiger partial charge in [-0.15, -0.1) is 23.5 Å². The van der Waals surface area contributed by atoms with Crippen LogP contribution in [0.15, 0.2) is 69.0 Å². The summed E-state index contributed by atoms with van der Waals surface area (Å²) in [5.74, 6) is 1.75. The highest BCUT2D eigenvalue weighted by Gasteiger charge is 2.24. The highest BCUT2D eigenvalue weighted by Crippen LogP contribution is 2.39. The van der Waals surface area contributed by atoms with E-state index in [4.69, 9.17) is 4.42 Å². The number of carbonyl (C=O) groups is 2. The van der Waals surface area contributed by atoms with Crippen molar-refractivity contribution in [2.24, 2.45) is 0 Å². The monoisotopic (exact) mass is 371 g/mol. The van der Waals surface area contributed by atoms with Gasteiger partial charge in [0, 0.05) is 18.1 Å². The van der Waals surface area contributed by atoms with Crippen LogP contribution in [0.1, 0.15) is 11.3 Å². The van der Waals surface area contributed by atoms with E-state index in [-0.39, 0.29) is 17.3 Å². The van der Waals surface area contributed by atoms with Gasteiger partial charge in [-0.25, -0.2) is 0 Å². The number of nitrogens with one attached hydrogen (secondary N) is 1. The first-order valence-corrected chi connectivity index (χ1v) is 9.79. The number of rotatable bonds is 6. The van der Waals surface area contributed by atoms with Crippen LogP contribution in [0.5, 0.6) is 0 Å². The molecular weight excluding hydrogens is 354 g/mol. The molecule has 2 aromatic rings. The number of allylic oxidation sites excluding steroid dienone is 1. The third-order valence-electron chi connectivity index (χ3n) is 3.47. The normalized spacial score (nSPS) is 14.0. The van der Waals surface area contributed by atoms with E-state index in [9.17, 15) is 9.59 Å². The molecule has 0 spiro atoms. The third kappa shape index (κ3) is 4.90. The largest absolute Gasteiger partial charge is 0.465 e. The van der Waals surface area contributed by atoms with Gasteiger partial charge in [-0.05, 0) is 29.8 Å². The average Bonchev–Trinajstić information content (AvgIpc) is 3.33. The average molecular weight is 371 g/mol. The maximum Gasteiger partial charge on any atom is 0.257 e. The molecule has 3 rings (SSSR count). The van der Waals surface area contributed by atoms with Crippen molar-refractivity contribution in [1.82, 2.24) is 5.32 Å². The topological polar surface area (TPSA) is 59.3 Å². The van der Waals surface area contributed by atoms with Crippen molar-refractivity contribution in [2.45, 2.75) is 6.54 Å². The second-order valence-corrected chi connectivity index (χ2v) is 7.71. The molecule has 1 fully saturated rings. The van der Waals surface area contributed by atoms with Gasteiger partial charge in [-0.3, -0.25) is 9.59 Å². The summed E-state index contributed by atoms with van der Waals surface area (Å²) in [4.78, 5) is 25.2. The number of benzene rings is 1. The van der Waals surface area contributed by atoms with Crippen LogP contribution in [0.2, 0.25) is 0 Å². The fourth-order valence-electron chi connectivity index (χ4n) is 2.25. The Morgan fingerprint density at radius 2 is 1.84 bits per heavy atom. The second kappa shape index (κ2) is 8.78. The molecule has 1 aromatic carbocycles. The molecule has 1 amide bonds. The lowest BCUT2D eigenvalue weighted by Gasteiger charge is -2.09. The van der Waals surface area contributed by atoms with Gasteiger partial charge in [0.1, 0.15) is 11.3 Å². The zero-order valence-electron chi connectivity index (χ0n) is 13.4. The fourth-order valence-corrected chi connectivity index (χ4v) is 4.80. The Hall–Kier alpha value is -2.18. The van der Waals surface area contributed by atoms with Gasteiger partial charge in [-0.1, -0.05) is 30.3 Å². The van der Waals surface area contributed by atoms with Gasteiger partial charge in [0.15, 0.2) is 5.78 Å². The quantitative estimate of drug-likeness (QED) is 0.474. The lowest BCUT2D eigenvalue weighted by Crippen LogP contribution is -2.28. The van der Waals surface area contributed by atoms with Gasteiger partial charge in [0.05, 0.1) is 10.5 Å². The standard InChI is InChI=1S/C19H17NO3S2/c21-16(9-8-15-7-4-10-23-15)17(19-24-11-12-25-19)18(22)20-13-14-5-2-1-3-6-14/h1-10H,11-13H2,(H,20,22)/b9-8+. The highest BCUT2D eigenvalue weighted by molar-refractivity contribution is 8.25. The zero-order chi connectivity index (χ0) is 17.5. The van der Waals surface area contributed by atoms with Crippen LogP contribution in [-0.2, 0) is 16.1 Å². The summed E-state index contributed by atoms with van der Waals surface area (Å²) in [6.07, 6.45) is 4.51. The molecule has 6 heteroatoms. The molecule has 1 aromatic heterocycles. The molecule has 0 radical (unpaired) electrons. The Bertz CT molecular complexity index is 787. The molecule has 1 aliphatic rings. The van der Waals surface area contributed by atoms with Crippen molar-refractivity contribution in [3.63, 3.8) is 0 Å². The number of hydrogen-bond acceptors (Lipinski definition) is 5. The Labute approximate surface area is 154 Å². The molecule has 4 nitrogen and oxygen atoms in total. The number of hydrogen-bond donors (Lipinski definition) is 1. The van der Waals surface area contributed by atoms with Gasteiger partial charge in [0.25, 0.3) is 5.91 Å². The predicted molar refractivity (Wildman–Crippen MR) is 103 cm³/mol. The van der Waals surface area contributed by atoms with E-state index in [2.05, 4.69) is 5.32 Å². The molecule has 0 saturated carbocycles. The molecular formula is C19H17NO3S2. The maximum atomic E-state index is 12.6. The predicted octanol–water partition coefficient (Wildman–Crippen LogP) is 3.87. The molecule has 1 saturated heterocycles. The molecule has 1 aliphatic heterocycles. The summed E-state index contributed by atoms with van der Waals surface area (Å²) in [7, 11) is 0. The summed E-state index contributed by atoms with van der Waals surface area (Å²) in [6.45, 7) is 0.390. The summed E-state index contributed by atoms with van der Waals surface area (Å²) in [5, 5.41) is 2.85. The van der Waals surface area contributed by atoms with Crippen molar-refractivity contribution < 1.29 is 14.0 Å². The lowest BCUT2D eigenvalue weighted by atomic mass is 10.1. The minimum Gasteiger partial charge on any atom is -0.465 e. The number of ketones is 1. The van der Waals surface area contributed by atoms with Crippen molar-refractivity contribution in [2.75, 3.05) is 11.5 Å². The Morgan fingerprint density at radius 3 is 2.52 bits per heavy atom. The summed E-state index contributed by atoms with van der Waals surface area (Å²) in [5.41, 5.74) is 1.21. The van der Waals surface area contributed by atoms with Crippen LogP contribution in [0.3, 0.4) is 0 Å². The van der Waals surface area contributed by atoms with Crippen molar-refractivity contribution in [3.05, 3.63) is 75.9 Å². The maximum absolute atomic E-state index is 12.6. The SMILES string of the molecule is O=C(/C=C/c1ccco1)C(C(=O)NCc1ccccc1)=C1SCCS1. The first-order valence-electron chi connectivity index (χ1n) is 7.82. The Kier molecular flexibility index (Phi) is 6.19. The van der Waals surface area contributed by atoms with Crippen LogP contribution in [0, 0.1) is 0 Å². The smallest absolute Gasteiger partial charge is 0.257 e. The first kappa shape index (κ1) is 17.6. The van der Waals surface area contributed by atoms with Crippen molar-refractivity contribution >= 4 is 41.3 Å². The van der Waals surface area contributed by atoms with E-state index in [1.807, 2.05) is 30.3 Å². The Balaban J connectivity index is 1.74. The van der Waals surface area contributed by atoms with Crippen LogP contribution in [-0.4, -0.2) is 23.2 Å². The van der Waals surface area contributed by atoms with E-state index < -0.39 is 0 Å². The highest BCUT2D eigenvalue weighted by atomic mass is 32.2. The minimum absolute atomic E-state index is 0.214. The van der Waals surface area contributed by atoms with E-state index in [0.717, 1.165) is 21.3 Å². The fraction of sp³-hybridized carbons (Fsp3) is 0.158. The van der Waals surface area contributed by atoms with E-state index in [0.29, 0.717) is 12.3 Å². The molecule has 2 heterocycles. The number of thioether (sulfide) groups is 2. The summed E-state index contributed by atoms with van der Waals surface area (Å²) in [6, 6.07) is 13.1. The van der Waals surface area contributed by atoms with Gasteiger partial charge < -0.3 is 9.73 Å². The molecule has 0 unspecified atom stereocenters. The van der Waals surface area contributed by atoms with Crippen molar-refractivity contribution in [3.8, 4) is 0 Å². The molecule has 1 N–H and O–H groups in total. The van der Waals surface area contributed by atoms with Crippen LogP contribution < -0.4 is 5.32 Å². The van der Waals surface area contributed by atoms with Gasteiger partial charge in [-0.2, -0.15) is 0 Å². The van der Waals surface area contributed by atoms with Gasteiger partial charge >= 0.3 is 0 Å². The van der Waals surface area contributed by atoms with E-state index >= 15 is 0 Å². The van der Waals surface area contributed by atoms with Crippen LogP contribution in [0.4, 0.5) is 0 Å². The van der Waals surface area contributed by atoms with E-state index in [1.54, 1.807) is 48.0 Å². The molecule has 0 bridgehead atoms. The molecule has 25 heavy (non-hydrogen) atoms. The number of furan rings is 1. The lowest BCUT2D eigenvalue weighted by molar-refractivity contribution is -0.121. The van der Waals surface area contributed by atoms with Gasteiger partial charge in [0.2, 0.25) is 0 Å². The van der Waals surface area contributed by atoms with Crippen LogP contribution >= 0.6 is 23.5 Å². The zero-order valence-corrected chi connectivity index (χ0v) is 15.1. The first-order chi connectivity index (χ1) is 12.2. The molecule has 0 aliphatic carbocycles. The Morgan fingerprint density at radius 1 is 1.08 bits per heavy atom. The summed E-state index contributed by atoms with van der Waals surface area (Å²) < 4.78 is 5.98. The van der Waals surface area contributed by atoms with Crippen LogP contribution in [0.25, 0.3) is 6.08 Å². The molecule has 128 valence electrons. The summed E-state index contributed by atoms with van der Waals surface area (Å²) >= 11 is 3.11. The third-order valence-corrected chi connectivity index (χ3v) is 6.18. The number of carbonyl (C=O) groups excluding carboxylic acids is 2. The molecule has 0 atom stereocenters. The van der Waals surface area contributed by atoms with Crippen molar-refractivity contribution in [1.29, 1.82) is 0 Å². The van der Waals surface area contributed by atoms with E-state index in [1.165, 1.54) is 6.08 Å². The second-order valence-electron chi connectivity index (χ2n) is 5.24. The number of amides is 1. The minimum atomic E-state index is -0.338.